The fraction of sp³-hybridized carbons (Fsp3) is 0.200. The monoisotopic (exact) mass is 223 g/mol. The highest BCUT2D eigenvalue weighted by Crippen LogP contribution is 2.37. The predicted octanol–water partition coefficient (Wildman–Crippen LogP) is 2.78. The van der Waals surface area contributed by atoms with Crippen molar-refractivity contribution in [3.8, 4) is 11.1 Å². The van der Waals surface area contributed by atoms with Gasteiger partial charge in [-0.05, 0) is 29.7 Å². The van der Waals surface area contributed by atoms with Crippen LogP contribution >= 0.6 is 0 Å². The van der Waals surface area contributed by atoms with Crippen LogP contribution in [0.3, 0.4) is 0 Å². The van der Waals surface area contributed by atoms with Crippen LogP contribution in [0.4, 0.5) is 0 Å². The molecule has 3 rings (SSSR count). The van der Waals surface area contributed by atoms with Crippen LogP contribution in [0.1, 0.15) is 23.7 Å². The maximum atomic E-state index is 11.3. The number of nitrogens with zero attached hydrogens (tertiary/aromatic N) is 1. The van der Waals surface area contributed by atoms with Gasteiger partial charge in [-0.2, -0.15) is 0 Å². The fourth-order valence-electron chi connectivity index (χ4n) is 2.53. The molecule has 1 aromatic carbocycles. The number of pyridine rings is 1. The molecule has 0 radical (unpaired) electrons. The van der Waals surface area contributed by atoms with Crippen LogP contribution < -0.4 is 0 Å². The summed E-state index contributed by atoms with van der Waals surface area (Å²) < 4.78 is 0. The molecule has 0 atom stereocenters. The molecule has 1 aliphatic carbocycles. The highest BCUT2D eigenvalue weighted by molar-refractivity contribution is 5.84. The quantitative estimate of drug-likeness (QED) is 0.668. The third-order valence-corrected chi connectivity index (χ3v) is 3.20. The first-order valence-electron chi connectivity index (χ1n) is 5.80. The van der Waals surface area contributed by atoms with Gasteiger partial charge in [-0.25, -0.2) is 0 Å². The lowest BCUT2D eigenvalue weighted by atomic mass is 9.99. The Kier molecular flexibility index (Phi) is 2.29. The topological polar surface area (TPSA) is 30.0 Å². The number of ketones is 1. The Labute approximate surface area is 100 Å². The lowest BCUT2D eigenvalue weighted by Crippen LogP contribution is -2.00. The zero-order valence-corrected chi connectivity index (χ0v) is 9.73. The summed E-state index contributed by atoms with van der Waals surface area (Å²) in [7, 11) is 0. The highest BCUT2D eigenvalue weighted by atomic mass is 16.1. The summed E-state index contributed by atoms with van der Waals surface area (Å²) in [5.41, 5.74) is 5.94. The van der Waals surface area contributed by atoms with E-state index in [1.807, 2.05) is 18.3 Å². The molecule has 2 nitrogen and oxygen atoms in total. The van der Waals surface area contributed by atoms with Gasteiger partial charge in [-0.15, -0.1) is 0 Å². The van der Waals surface area contributed by atoms with E-state index >= 15 is 0 Å². The first-order valence-corrected chi connectivity index (χ1v) is 5.80. The van der Waals surface area contributed by atoms with Crippen molar-refractivity contribution in [2.45, 2.75) is 19.8 Å². The SMILES string of the molecule is CC(=O)Cc1ccnc2c1-c1ccccc1C2. The van der Waals surface area contributed by atoms with Crippen LogP contribution in [0.2, 0.25) is 0 Å². The van der Waals surface area contributed by atoms with Gasteiger partial charge < -0.3 is 0 Å². The molecule has 84 valence electrons. The van der Waals surface area contributed by atoms with Crippen LogP contribution in [-0.4, -0.2) is 10.8 Å². The van der Waals surface area contributed by atoms with E-state index < -0.39 is 0 Å². The van der Waals surface area contributed by atoms with E-state index in [-0.39, 0.29) is 5.78 Å². The second-order valence-corrected chi connectivity index (χ2v) is 4.50. The van der Waals surface area contributed by atoms with Crippen molar-refractivity contribution in [1.82, 2.24) is 4.98 Å². The number of aromatic nitrogens is 1. The van der Waals surface area contributed by atoms with Crippen molar-refractivity contribution in [3.63, 3.8) is 0 Å². The molecule has 0 saturated carbocycles. The Morgan fingerprint density at radius 1 is 1.29 bits per heavy atom. The highest BCUT2D eigenvalue weighted by Gasteiger charge is 2.22. The summed E-state index contributed by atoms with van der Waals surface area (Å²) in [6.07, 6.45) is 3.19. The molecule has 0 spiro atoms. The van der Waals surface area contributed by atoms with Gasteiger partial charge in [-0.1, -0.05) is 24.3 Å². The normalized spacial score (nSPS) is 12.1. The summed E-state index contributed by atoms with van der Waals surface area (Å²) in [4.78, 5) is 15.7. The van der Waals surface area contributed by atoms with E-state index in [0.29, 0.717) is 6.42 Å². The van der Waals surface area contributed by atoms with Gasteiger partial charge in [0.2, 0.25) is 0 Å². The number of rotatable bonds is 2. The second kappa shape index (κ2) is 3.81. The maximum absolute atomic E-state index is 11.3. The summed E-state index contributed by atoms with van der Waals surface area (Å²) in [5.74, 6) is 0.197. The maximum Gasteiger partial charge on any atom is 0.134 e. The van der Waals surface area contributed by atoms with Crippen molar-refractivity contribution in [2.24, 2.45) is 0 Å². The zero-order valence-electron chi connectivity index (χ0n) is 9.73. The van der Waals surface area contributed by atoms with Crippen LogP contribution in [0.5, 0.6) is 0 Å². The third-order valence-electron chi connectivity index (χ3n) is 3.20. The van der Waals surface area contributed by atoms with Gasteiger partial charge in [0.05, 0.1) is 5.69 Å². The molecule has 0 unspecified atom stereocenters. The molecule has 0 aliphatic heterocycles. The van der Waals surface area contributed by atoms with E-state index in [9.17, 15) is 4.79 Å². The molecule has 2 aromatic rings. The van der Waals surface area contributed by atoms with E-state index in [1.54, 1.807) is 6.92 Å². The van der Waals surface area contributed by atoms with Gasteiger partial charge in [0, 0.05) is 24.6 Å². The molecule has 0 N–H and O–H groups in total. The second-order valence-electron chi connectivity index (χ2n) is 4.50. The lowest BCUT2D eigenvalue weighted by Gasteiger charge is -2.07. The van der Waals surface area contributed by atoms with Crippen molar-refractivity contribution in [3.05, 3.63) is 53.3 Å². The van der Waals surface area contributed by atoms with Gasteiger partial charge in [0.1, 0.15) is 5.78 Å². The zero-order chi connectivity index (χ0) is 11.8. The van der Waals surface area contributed by atoms with Crippen LogP contribution in [0.25, 0.3) is 11.1 Å². The van der Waals surface area contributed by atoms with Crippen molar-refractivity contribution >= 4 is 5.78 Å². The lowest BCUT2D eigenvalue weighted by molar-refractivity contribution is -0.116. The minimum Gasteiger partial charge on any atom is -0.300 e. The summed E-state index contributed by atoms with van der Waals surface area (Å²) in [6, 6.07) is 10.3. The number of hydrogen-bond acceptors (Lipinski definition) is 2. The Morgan fingerprint density at radius 2 is 2.12 bits per heavy atom. The summed E-state index contributed by atoms with van der Waals surface area (Å²) in [6.45, 7) is 1.63. The summed E-state index contributed by atoms with van der Waals surface area (Å²) >= 11 is 0. The molecule has 1 aliphatic rings. The minimum atomic E-state index is 0.197. The molecule has 17 heavy (non-hydrogen) atoms. The molecule has 1 aromatic heterocycles. The van der Waals surface area contributed by atoms with Crippen molar-refractivity contribution < 1.29 is 4.79 Å². The fourth-order valence-corrected chi connectivity index (χ4v) is 2.53. The van der Waals surface area contributed by atoms with Gasteiger partial charge >= 0.3 is 0 Å². The Morgan fingerprint density at radius 3 is 2.94 bits per heavy atom. The molecule has 0 saturated heterocycles. The number of benzene rings is 1. The van der Waals surface area contributed by atoms with E-state index in [2.05, 4.69) is 23.2 Å². The standard InChI is InChI=1S/C15H13NO/c1-10(17)8-12-6-7-16-14-9-11-4-2-3-5-13(11)15(12)14/h2-7H,8-9H2,1H3. The van der Waals surface area contributed by atoms with Crippen molar-refractivity contribution in [2.75, 3.05) is 0 Å². The number of hydrogen-bond donors (Lipinski definition) is 0. The molecule has 0 amide bonds. The molecule has 0 bridgehead atoms. The van der Waals surface area contributed by atoms with Crippen LogP contribution in [0, 0.1) is 0 Å². The third kappa shape index (κ3) is 1.66. The van der Waals surface area contributed by atoms with E-state index in [1.165, 1.54) is 16.7 Å². The van der Waals surface area contributed by atoms with E-state index in [4.69, 9.17) is 0 Å². The molecule has 2 heteroatoms. The molecular weight excluding hydrogens is 210 g/mol. The Balaban J connectivity index is 2.19. The smallest absolute Gasteiger partial charge is 0.134 e. The average Bonchev–Trinajstić information content (AvgIpc) is 2.67. The van der Waals surface area contributed by atoms with Crippen LogP contribution in [-0.2, 0) is 17.6 Å². The molecular formula is C15H13NO. The van der Waals surface area contributed by atoms with Crippen LogP contribution in [0.15, 0.2) is 36.5 Å². The van der Waals surface area contributed by atoms with Gasteiger partial charge in [0.25, 0.3) is 0 Å². The van der Waals surface area contributed by atoms with Gasteiger partial charge in [0.15, 0.2) is 0 Å². The van der Waals surface area contributed by atoms with Gasteiger partial charge in [-0.3, -0.25) is 9.78 Å². The largest absolute Gasteiger partial charge is 0.300 e. The number of carbonyl (C=O) groups excluding carboxylic acids is 1. The Hall–Kier alpha value is -1.96. The number of Topliss-reactive ketones (excluding diaryl/α,β-unsaturated/α-hetero) is 1. The summed E-state index contributed by atoms with van der Waals surface area (Å²) in [5, 5.41) is 0. The Bertz CT molecular complexity index is 602. The average molecular weight is 223 g/mol. The first-order chi connectivity index (χ1) is 8.25. The number of fused-ring (bicyclic) bond motifs is 3. The van der Waals surface area contributed by atoms with Crippen molar-refractivity contribution in [1.29, 1.82) is 0 Å². The minimum absolute atomic E-state index is 0.197. The van der Waals surface area contributed by atoms with E-state index in [0.717, 1.165) is 17.7 Å². The predicted molar refractivity (Wildman–Crippen MR) is 66.9 cm³/mol. The molecule has 1 heterocycles. The molecule has 0 fully saturated rings. The number of carbonyl (C=O) groups is 1. The first kappa shape index (κ1) is 10.2.